The molecule has 2 aliphatic rings. The Labute approximate surface area is 113 Å². The van der Waals surface area contributed by atoms with Crippen molar-refractivity contribution in [3.63, 3.8) is 0 Å². The van der Waals surface area contributed by atoms with Gasteiger partial charge in [-0.1, -0.05) is 19.3 Å². The third-order valence-corrected chi connectivity index (χ3v) is 4.99. The highest BCUT2D eigenvalue weighted by atomic mass is 15.3. The average molecular weight is 253 g/mol. The summed E-state index contributed by atoms with van der Waals surface area (Å²) in [6.07, 6.45) is 7.22. The molecule has 2 rings (SSSR count). The molecule has 18 heavy (non-hydrogen) atoms. The summed E-state index contributed by atoms with van der Waals surface area (Å²) in [5, 5.41) is 3.60. The number of rotatable bonds is 4. The van der Waals surface area contributed by atoms with Gasteiger partial charge in [-0.3, -0.25) is 4.90 Å². The summed E-state index contributed by atoms with van der Waals surface area (Å²) in [6.45, 7) is 7.31. The van der Waals surface area contributed by atoms with E-state index in [1.165, 1.54) is 58.3 Å². The lowest BCUT2D eigenvalue weighted by molar-refractivity contribution is 0.0792. The molecule has 0 bridgehead atoms. The zero-order valence-electron chi connectivity index (χ0n) is 12.5. The first-order valence-corrected chi connectivity index (χ1v) is 7.80. The Morgan fingerprint density at radius 1 is 1.17 bits per heavy atom. The van der Waals surface area contributed by atoms with Gasteiger partial charge in [-0.25, -0.2) is 0 Å². The summed E-state index contributed by atoms with van der Waals surface area (Å²) in [5.41, 5.74) is 0. The maximum absolute atomic E-state index is 3.60. The monoisotopic (exact) mass is 253 g/mol. The van der Waals surface area contributed by atoms with Crippen LogP contribution < -0.4 is 5.32 Å². The van der Waals surface area contributed by atoms with E-state index >= 15 is 0 Å². The molecule has 1 aliphatic carbocycles. The van der Waals surface area contributed by atoms with E-state index in [4.69, 9.17) is 0 Å². The summed E-state index contributed by atoms with van der Waals surface area (Å²) in [6, 6.07) is 1.42. The molecule has 2 fully saturated rings. The quantitative estimate of drug-likeness (QED) is 0.824. The fourth-order valence-corrected chi connectivity index (χ4v) is 3.71. The van der Waals surface area contributed by atoms with Crippen molar-refractivity contribution in [2.24, 2.45) is 5.92 Å². The molecular formula is C15H31N3. The molecule has 0 amide bonds. The van der Waals surface area contributed by atoms with Gasteiger partial charge in [-0.05, 0) is 39.8 Å². The van der Waals surface area contributed by atoms with Gasteiger partial charge in [-0.15, -0.1) is 0 Å². The Kier molecular flexibility index (Phi) is 5.46. The van der Waals surface area contributed by atoms with Crippen molar-refractivity contribution in [3.8, 4) is 0 Å². The van der Waals surface area contributed by atoms with Gasteiger partial charge in [0.15, 0.2) is 0 Å². The van der Waals surface area contributed by atoms with Crippen LogP contribution in [0.15, 0.2) is 0 Å². The molecule has 2 atom stereocenters. The van der Waals surface area contributed by atoms with Crippen LogP contribution in [0.5, 0.6) is 0 Å². The lowest BCUT2D eigenvalue weighted by Crippen LogP contribution is -2.55. The lowest BCUT2D eigenvalue weighted by atomic mass is 9.83. The molecule has 106 valence electrons. The average Bonchev–Trinajstić information content (AvgIpc) is 2.39. The molecule has 0 radical (unpaired) electrons. The van der Waals surface area contributed by atoms with Gasteiger partial charge in [-0.2, -0.15) is 0 Å². The normalized spacial score (nSPS) is 30.5. The summed E-state index contributed by atoms with van der Waals surface area (Å²) < 4.78 is 0. The molecule has 0 aromatic heterocycles. The summed E-state index contributed by atoms with van der Waals surface area (Å²) in [7, 11) is 4.39. The van der Waals surface area contributed by atoms with Crippen LogP contribution in [0.4, 0.5) is 0 Å². The third-order valence-electron chi connectivity index (χ3n) is 4.99. The standard InChI is InChI=1S/C15H31N3/c1-13-11-17(3)9-10-18(13)12-15(16-2)14-7-5-4-6-8-14/h13-16H,4-12H2,1-3H3. The van der Waals surface area contributed by atoms with Gasteiger partial charge < -0.3 is 10.2 Å². The van der Waals surface area contributed by atoms with Gasteiger partial charge in [0.05, 0.1) is 0 Å². The van der Waals surface area contributed by atoms with Crippen molar-refractivity contribution in [1.82, 2.24) is 15.1 Å². The number of nitrogens with one attached hydrogen (secondary N) is 1. The second kappa shape index (κ2) is 6.88. The van der Waals surface area contributed by atoms with E-state index in [0.717, 1.165) is 5.92 Å². The Morgan fingerprint density at radius 3 is 2.50 bits per heavy atom. The van der Waals surface area contributed by atoms with Crippen molar-refractivity contribution in [1.29, 1.82) is 0 Å². The summed E-state index contributed by atoms with van der Waals surface area (Å²) >= 11 is 0. The van der Waals surface area contributed by atoms with Crippen LogP contribution in [0.3, 0.4) is 0 Å². The number of hydrogen-bond acceptors (Lipinski definition) is 3. The Hall–Kier alpha value is -0.120. The first kappa shape index (κ1) is 14.3. The highest BCUT2D eigenvalue weighted by molar-refractivity contribution is 4.85. The lowest BCUT2D eigenvalue weighted by Gasteiger charge is -2.41. The third kappa shape index (κ3) is 3.69. The molecule has 3 heteroatoms. The van der Waals surface area contributed by atoms with E-state index in [1.807, 2.05) is 0 Å². The topological polar surface area (TPSA) is 18.5 Å². The van der Waals surface area contributed by atoms with Crippen molar-refractivity contribution in [2.75, 3.05) is 40.3 Å². The highest BCUT2D eigenvalue weighted by Gasteiger charge is 2.28. The Morgan fingerprint density at radius 2 is 1.89 bits per heavy atom. The fraction of sp³-hybridized carbons (Fsp3) is 1.00. The first-order chi connectivity index (χ1) is 8.70. The number of nitrogens with zero attached hydrogens (tertiary/aromatic N) is 2. The molecular weight excluding hydrogens is 222 g/mol. The van der Waals surface area contributed by atoms with E-state index in [0.29, 0.717) is 12.1 Å². The van der Waals surface area contributed by atoms with Gasteiger partial charge in [0.2, 0.25) is 0 Å². The van der Waals surface area contributed by atoms with Crippen molar-refractivity contribution >= 4 is 0 Å². The zero-order chi connectivity index (χ0) is 13.0. The van der Waals surface area contributed by atoms with Crippen molar-refractivity contribution in [2.45, 2.75) is 51.1 Å². The maximum atomic E-state index is 3.60. The van der Waals surface area contributed by atoms with Crippen LogP contribution >= 0.6 is 0 Å². The highest BCUT2D eigenvalue weighted by Crippen LogP contribution is 2.27. The SMILES string of the molecule is CNC(CN1CCN(C)CC1C)C1CCCCC1. The van der Waals surface area contributed by atoms with E-state index in [2.05, 4.69) is 36.1 Å². The fourth-order valence-electron chi connectivity index (χ4n) is 3.71. The molecule has 0 spiro atoms. The van der Waals surface area contributed by atoms with E-state index in [9.17, 15) is 0 Å². The minimum atomic E-state index is 0.705. The molecule has 0 aromatic rings. The van der Waals surface area contributed by atoms with Crippen LogP contribution in [0.1, 0.15) is 39.0 Å². The molecule has 1 heterocycles. The summed E-state index contributed by atoms with van der Waals surface area (Å²) in [5.74, 6) is 0.913. The van der Waals surface area contributed by atoms with Crippen LogP contribution in [-0.2, 0) is 0 Å². The molecule has 0 aromatic carbocycles. The van der Waals surface area contributed by atoms with E-state index in [-0.39, 0.29) is 0 Å². The van der Waals surface area contributed by atoms with Crippen LogP contribution in [0.2, 0.25) is 0 Å². The molecule has 1 saturated heterocycles. The number of piperazine rings is 1. The molecule has 1 saturated carbocycles. The predicted octanol–water partition coefficient (Wildman–Crippen LogP) is 1.79. The van der Waals surface area contributed by atoms with Crippen LogP contribution in [0.25, 0.3) is 0 Å². The molecule has 1 N–H and O–H groups in total. The maximum Gasteiger partial charge on any atom is 0.0220 e. The van der Waals surface area contributed by atoms with Gasteiger partial charge >= 0.3 is 0 Å². The predicted molar refractivity (Wildman–Crippen MR) is 78.0 cm³/mol. The Bertz CT molecular complexity index is 238. The molecule has 2 unspecified atom stereocenters. The van der Waals surface area contributed by atoms with E-state index in [1.54, 1.807) is 0 Å². The van der Waals surface area contributed by atoms with Crippen molar-refractivity contribution in [3.05, 3.63) is 0 Å². The van der Waals surface area contributed by atoms with Crippen LogP contribution in [-0.4, -0.2) is 62.2 Å². The van der Waals surface area contributed by atoms with Crippen molar-refractivity contribution < 1.29 is 0 Å². The first-order valence-electron chi connectivity index (χ1n) is 7.80. The minimum absolute atomic E-state index is 0.705. The van der Waals surface area contributed by atoms with Crippen LogP contribution in [0, 0.1) is 5.92 Å². The van der Waals surface area contributed by atoms with E-state index < -0.39 is 0 Å². The molecule has 1 aliphatic heterocycles. The Balaban J connectivity index is 1.85. The van der Waals surface area contributed by atoms with Gasteiger partial charge in [0.25, 0.3) is 0 Å². The minimum Gasteiger partial charge on any atom is -0.315 e. The van der Waals surface area contributed by atoms with Gasteiger partial charge in [0, 0.05) is 38.3 Å². The largest absolute Gasteiger partial charge is 0.315 e. The zero-order valence-corrected chi connectivity index (χ0v) is 12.5. The van der Waals surface area contributed by atoms with Gasteiger partial charge in [0.1, 0.15) is 0 Å². The second-order valence-electron chi connectivity index (χ2n) is 6.40. The summed E-state index contributed by atoms with van der Waals surface area (Å²) in [4.78, 5) is 5.14. The smallest absolute Gasteiger partial charge is 0.0220 e. The molecule has 3 nitrogen and oxygen atoms in total. The second-order valence-corrected chi connectivity index (χ2v) is 6.40. The number of likely N-dealkylation sites (N-methyl/N-ethyl adjacent to an activating group) is 2. The number of hydrogen-bond donors (Lipinski definition) is 1.